The number of fused-ring (bicyclic) bond motifs is 1. The highest BCUT2D eigenvalue weighted by molar-refractivity contribution is 7.71. The number of hydrogen-bond donors (Lipinski definition) is 2. The first-order chi connectivity index (χ1) is 15.9. The molecule has 0 aliphatic heterocycles. The van der Waals surface area contributed by atoms with E-state index in [0.717, 1.165) is 24.8 Å². The van der Waals surface area contributed by atoms with E-state index in [1.165, 1.54) is 18.1 Å². The second-order valence-corrected chi connectivity index (χ2v) is 9.00. The van der Waals surface area contributed by atoms with Crippen molar-refractivity contribution in [3.8, 4) is 0 Å². The smallest absolute Gasteiger partial charge is 0.337 e. The van der Waals surface area contributed by atoms with Gasteiger partial charge in [0.25, 0.3) is 11.5 Å². The standard InChI is InChI=1S/C25H27N3O4S/c1-15-5-3-4-6-20(15)26-22(29)17-9-7-16(8-10-17)14-28-23(30)19-12-11-18(24(31)32-2)13-21(19)27-25(28)33/h7-13,15,20H,3-6,14H2,1-2H3,(H,26,29)(H,27,33)/t15-,20-/m1/s1. The van der Waals surface area contributed by atoms with Crippen molar-refractivity contribution in [2.45, 2.75) is 45.2 Å². The van der Waals surface area contributed by atoms with Crippen molar-refractivity contribution < 1.29 is 14.3 Å². The molecule has 33 heavy (non-hydrogen) atoms. The van der Waals surface area contributed by atoms with E-state index in [1.807, 2.05) is 12.1 Å². The molecule has 0 radical (unpaired) electrons. The number of H-pyrrole nitrogens is 1. The van der Waals surface area contributed by atoms with Gasteiger partial charge in [-0.3, -0.25) is 14.2 Å². The molecule has 1 aliphatic carbocycles. The summed E-state index contributed by atoms with van der Waals surface area (Å²) in [6.45, 7) is 2.46. The van der Waals surface area contributed by atoms with Crippen molar-refractivity contribution >= 4 is 35.0 Å². The Kier molecular flexibility index (Phi) is 6.74. The number of aromatic amines is 1. The first kappa shape index (κ1) is 22.9. The van der Waals surface area contributed by atoms with Crippen molar-refractivity contribution in [3.63, 3.8) is 0 Å². The summed E-state index contributed by atoms with van der Waals surface area (Å²) in [6, 6.07) is 12.2. The highest BCUT2D eigenvalue weighted by Crippen LogP contribution is 2.24. The molecule has 8 heteroatoms. The molecule has 1 saturated carbocycles. The first-order valence-corrected chi connectivity index (χ1v) is 11.5. The lowest BCUT2D eigenvalue weighted by Gasteiger charge is -2.29. The fourth-order valence-electron chi connectivity index (χ4n) is 4.37. The molecule has 2 N–H and O–H groups in total. The maximum atomic E-state index is 13.0. The van der Waals surface area contributed by atoms with Crippen LogP contribution in [0.15, 0.2) is 47.3 Å². The number of rotatable bonds is 5. The summed E-state index contributed by atoms with van der Waals surface area (Å²) < 4.78 is 6.45. The minimum atomic E-state index is -0.484. The fourth-order valence-corrected chi connectivity index (χ4v) is 4.63. The zero-order valence-corrected chi connectivity index (χ0v) is 19.5. The quantitative estimate of drug-likeness (QED) is 0.435. The summed E-state index contributed by atoms with van der Waals surface area (Å²) in [5.74, 6) is -0.0588. The van der Waals surface area contributed by atoms with Crippen LogP contribution in [-0.4, -0.2) is 34.6 Å². The van der Waals surface area contributed by atoms with Crippen molar-refractivity contribution in [1.29, 1.82) is 0 Å². The van der Waals surface area contributed by atoms with Crippen LogP contribution in [0.3, 0.4) is 0 Å². The Morgan fingerprint density at radius 2 is 1.82 bits per heavy atom. The number of esters is 1. The largest absolute Gasteiger partial charge is 0.465 e. The van der Waals surface area contributed by atoms with Crippen LogP contribution >= 0.6 is 12.2 Å². The van der Waals surface area contributed by atoms with Crippen LogP contribution in [0.2, 0.25) is 0 Å². The summed E-state index contributed by atoms with van der Waals surface area (Å²) in [5, 5.41) is 3.59. The van der Waals surface area contributed by atoms with Crippen LogP contribution in [0.5, 0.6) is 0 Å². The van der Waals surface area contributed by atoms with E-state index in [1.54, 1.807) is 30.3 Å². The average Bonchev–Trinajstić information content (AvgIpc) is 2.82. The Labute approximate surface area is 196 Å². The van der Waals surface area contributed by atoms with Gasteiger partial charge in [0, 0.05) is 11.6 Å². The van der Waals surface area contributed by atoms with Crippen LogP contribution in [0.1, 0.15) is 58.9 Å². The molecule has 4 rings (SSSR count). The van der Waals surface area contributed by atoms with Crippen molar-refractivity contribution in [2.24, 2.45) is 5.92 Å². The van der Waals surface area contributed by atoms with Gasteiger partial charge in [0.2, 0.25) is 0 Å². The lowest BCUT2D eigenvalue weighted by atomic mass is 9.86. The molecule has 1 heterocycles. The summed E-state index contributed by atoms with van der Waals surface area (Å²) in [6.07, 6.45) is 4.55. The van der Waals surface area contributed by atoms with Crippen molar-refractivity contribution in [2.75, 3.05) is 7.11 Å². The first-order valence-electron chi connectivity index (χ1n) is 11.1. The molecule has 2 atom stereocenters. The van der Waals surface area contributed by atoms with E-state index in [2.05, 4.69) is 17.2 Å². The van der Waals surface area contributed by atoms with E-state index in [0.29, 0.717) is 27.9 Å². The van der Waals surface area contributed by atoms with Crippen LogP contribution in [0.25, 0.3) is 10.9 Å². The molecule has 1 amide bonds. The summed E-state index contributed by atoms with van der Waals surface area (Å²) in [4.78, 5) is 40.5. The van der Waals surface area contributed by atoms with Crippen LogP contribution in [-0.2, 0) is 11.3 Å². The van der Waals surface area contributed by atoms with Gasteiger partial charge in [-0.1, -0.05) is 31.9 Å². The molecule has 2 aromatic carbocycles. The highest BCUT2D eigenvalue weighted by atomic mass is 32.1. The molecule has 1 aliphatic rings. The number of aromatic nitrogens is 2. The zero-order valence-electron chi connectivity index (χ0n) is 18.7. The number of carbonyl (C=O) groups is 2. The molecule has 172 valence electrons. The number of hydrogen-bond acceptors (Lipinski definition) is 5. The number of amides is 1. The normalized spacial score (nSPS) is 18.1. The molecule has 0 unspecified atom stereocenters. The highest BCUT2D eigenvalue weighted by Gasteiger charge is 2.23. The molecule has 0 bridgehead atoms. The van der Waals surface area contributed by atoms with Crippen molar-refractivity contribution in [1.82, 2.24) is 14.9 Å². The molecule has 3 aromatic rings. The third-order valence-corrected chi connectivity index (χ3v) is 6.71. The Balaban J connectivity index is 1.53. The van der Waals surface area contributed by atoms with Gasteiger partial charge >= 0.3 is 5.97 Å². The number of carbonyl (C=O) groups excluding carboxylic acids is 2. The van der Waals surface area contributed by atoms with Gasteiger partial charge < -0.3 is 15.0 Å². The zero-order chi connectivity index (χ0) is 23.5. The van der Waals surface area contributed by atoms with Crippen LogP contribution in [0.4, 0.5) is 0 Å². The molecule has 0 spiro atoms. The summed E-state index contributed by atoms with van der Waals surface area (Å²) in [7, 11) is 1.30. The number of benzene rings is 2. The number of nitrogens with one attached hydrogen (secondary N) is 2. The van der Waals surface area contributed by atoms with Gasteiger partial charge in [-0.2, -0.15) is 0 Å². The second-order valence-electron chi connectivity index (χ2n) is 8.61. The Hall–Kier alpha value is -3.26. The van der Waals surface area contributed by atoms with E-state index in [4.69, 9.17) is 17.0 Å². The monoisotopic (exact) mass is 465 g/mol. The molecular weight excluding hydrogens is 438 g/mol. The van der Waals surface area contributed by atoms with Crippen LogP contribution < -0.4 is 10.9 Å². The summed E-state index contributed by atoms with van der Waals surface area (Å²) in [5.41, 5.74) is 2.02. The lowest BCUT2D eigenvalue weighted by Crippen LogP contribution is -2.41. The van der Waals surface area contributed by atoms with Crippen molar-refractivity contribution in [3.05, 3.63) is 74.3 Å². The Bertz CT molecular complexity index is 1310. The van der Waals surface area contributed by atoms with Gasteiger partial charge in [-0.05, 0) is 66.9 Å². The number of nitrogens with zero attached hydrogens (tertiary/aromatic N) is 1. The van der Waals surface area contributed by atoms with Gasteiger partial charge in [0.1, 0.15) is 0 Å². The topological polar surface area (TPSA) is 93.2 Å². The van der Waals surface area contributed by atoms with Crippen LogP contribution in [0, 0.1) is 10.7 Å². The maximum Gasteiger partial charge on any atom is 0.337 e. The fraction of sp³-hybridized carbons (Fsp3) is 0.360. The number of methoxy groups -OCH3 is 1. The van der Waals surface area contributed by atoms with Gasteiger partial charge in [0.05, 0.1) is 30.1 Å². The molecule has 7 nitrogen and oxygen atoms in total. The second kappa shape index (κ2) is 9.70. The SMILES string of the molecule is COC(=O)c1ccc2c(=O)n(Cc3ccc(C(=O)N[C@@H]4CCCC[C@H]4C)cc3)c(=S)[nH]c2c1. The minimum absolute atomic E-state index is 0.0677. The third kappa shape index (κ3) is 4.90. The van der Waals surface area contributed by atoms with E-state index in [9.17, 15) is 14.4 Å². The van der Waals surface area contributed by atoms with Gasteiger partial charge in [-0.15, -0.1) is 0 Å². The average molecular weight is 466 g/mol. The van der Waals surface area contributed by atoms with Gasteiger partial charge in [-0.25, -0.2) is 4.79 Å². The maximum absolute atomic E-state index is 13.0. The lowest BCUT2D eigenvalue weighted by molar-refractivity contribution is 0.0600. The predicted molar refractivity (Wildman–Crippen MR) is 129 cm³/mol. The van der Waals surface area contributed by atoms with E-state index < -0.39 is 5.97 Å². The number of ether oxygens (including phenoxy) is 1. The molecule has 1 aromatic heterocycles. The van der Waals surface area contributed by atoms with E-state index in [-0.39, 0.29) is 28.8 Å². The Morgan fingerprint density at radius 1 is 1.12 bits per heavy atom. The van der Waals surface area contributed by atoms with Gasteiger partial charge in [0.15, 0.2) is 4.77 Å². The molecular formula is C25H27N3O4S. The summed E-state index contributed by atoms with van der Waals surface area (Å²) >= 11 is 5.40. The Morgan fingerprint density at radius 3 is 2.52 bits per heavy atom. The third-order valence-electron chi connectivity index (χ3n) is 6.39. The molecule has 0 saturated heterocycles. The van der Waals surface area contributed by atoms with E-state index >= 15 is 0 Å². The predicted octanol–water partition coefficient (Wildman–Crippen LogP) is 4.20. The minimum Gasteiger partial charge on any atom is -0.465 e. The molecule has 1 fully saturated rings.